The van der Waals surface area contributed by atoms with Crippen LogP contribution in [0.5, 0.6) is 0 Å². The van der Waals surface area contributed by atoms with E-state index in [2.05, 4.69) is 101 Å². The zero-order valence-corrected chi connectivity index (χ0v) is 18.2. The summed E-state index contributed by atoms with van der Waals surface area (Å²) in [7, 11) is 0. The highest BCUT2D eigenvalue weighted by Crippen LogP contribution is 2.43. The van der Waals surface area contributed by atoms with Gasteiger partial charge >= 0.3 is 0 Å². The molecule has 1 unspecified atom stereocenters. The Morgan fingerprint density at radius 2 is 1.35 bits per heavy atom. The van der Waals surface area contributed by atoms with Gasteiger partial charge in [0, 0.05) is 44.4 Å². The number of nitrogens with zero attached hydrogens (tertiary/aromatic N) is 2. The zero-order chi connectivity index (χ0) is 20.9. The Kier molecular flexibility index (Phi) is 6.17. The first-order valence-electron chi connectivity index (χ1n) is 11.5. The number of piperazine rings is 1. The Balaban J connectivity index is 1.23. The fraction of sp³-hybridized carbons (Fsp3) is 0.357. The number of benzene rings is 3. The monoisotopic (exact) mass is 412 g/mol. The van der Waals surface area contributed by atoms with E-state index in [0.717, 1.165) is 39.1 Å². The molecule has 0 amide bonds. The van der Waals surface area contributed by atoms with E-state index in [1.54, 1.807) is 0 Å². The molecule has 2 aliphatic rings. The van der Waals surface area contributed by atoms with Crippen LogP contribution in [-0.2, 0) is 24.3 Å². The molecule has 0 N–H and O–H groups in total. The molecule has 3 heteroatoms. The Labute approximate surface area is 186 Å². The molecule has 3 atom stereocenters. The van der Waals surface area contributed by atoms with E-state index in [1.165, 1.54) is 23.2 Å². The topological polar surface area (TPSA) is 15.5 Å². The van der Waals surface area contributed by atoms with Crippen LogP contribution in [0.15, 0.2) is 91.0 Å². The van der Waals surface area contributed by atoms with E-state index in [1.807, 2.05) is 0 Å². The van der Waals surface area contributed by atoms with Gasteiger partial charge in [-0.2, -0.15) is 0 Å². The molecule has 2 heterocycles. The molecule has 0 saturated carbocycles. The Morgan fingerprint density at radius 1 is 0.742 bits per heavy atom. The van der Waals surface area contributed by atoms with Crippen LogP contribution in [0.1, 0.15) is 23.1 Å². The van der Waals surface area contributed by atoms with Crippen molar-refractivity contribution in [2.75, 3.05) is 26.2 Å². The van der Waals surface area contributed by atoms with E-state index in [0.29, 0.717) is 12.6 Å². The van der Waals surface area contributed by atoms with Crippen LogP contribution in [0.4, 0.5) is 0 Å². The minimum atomic E-state index is 0.281. The molecule has 0 aliphatic carbocycles. The summed E-state index contributed by atoms with van der Waals surface area (Å²) in [5, 5.41) is 0. The van der Waals surface area contributed by atoms with Gasteiger partial charge in [0.25, 0.3) is 0 Å². The first kappa shape index (κ1) is 20.4. The number of fused-ring (bicyclic) bond motifs is 1. The van der Waals surface area contributed by atoms with Crippen molar-refractivity contribution >= 4 is 0 Å². The fourth-order valence-electron chi connectivity index (χ4n) is 5.17. The third-order valence-corrected chi connectivity index (χ3v) is 6.78. The van der Waals surface area contributed by atoms with Gasteiger partial charge in [-0.05, 0) is 29.5 Å². The minimum Gasteiger partial charge on any atom is -0.377 e. The highest BCUT2D eigenvalue weighted by atomic mass is 16.5. The summed E-state index contributed by atoms with van der Waals surface area (Å²) in [6.45, 7) is 6.04. The second-order valence-corrected chi connectivity index (χ2v) is 9.14. The molecule has 5 rings (SSSR count). The first-order valence-corrected chi connectivity index (χ1v) is 11.5. The highest BCUT2D eigenvalue weighted by molar-refractivity contribution is 5.22. The molecule has 3 aromatic carbocycles. The molecular weight excluding hydrogens is 380 g/mol. The van der Waals surface area contributed by atoms with Crippen molar-refractivity contribution in [2.45, 2.75) is 37.6 Å². The quantitative estimate of drug-likeness (QED) is 0.372. The number of rotatable bonds is 9. The average Bonchev–Trinajstić information content (AvgIpc) is 3.54. The fourth-order valence-corrected chi connectivity index (χ4v) is 5.17. The number of hydrogen-bond acceptors (Lipinski definition) is 3. The van der Waals surface area contributed by atoms with Crippen molar-refractivity contribution in [3.8, 4) is 0 Å². The molecule has 0 radical (unpaired) electrons. The number of hydrogen-bond donors (Lipinski definition) is 0. The summed E-state index contributed by atoms with van der Waals surface area (Å²) in [6, 6.07) is 32.9. The third kappa shape index (κ3) is 5.07. The maximum Gasteiger partial charge on any atom is 0.0716 e. The average molecular weight is 413 g/mol. The van der Waals surface area contributed by atoms with Gasteiger partial charge in [0.05, 0.1) is 6.61 Å². The van der Waals surface area contributed by atoms with Crippen LogP contribution >= 0.6 is 0 Å². The van der Waals surface area contributed by atoms with Gasteiger partial charge in [0.15, 0.2) is 0 Å². The van der Waals surface area contributed by atoms with Gasteiger partial charge in [-0.3, -0.25) is 9.80 Å². The first-order chi connectivity index (χ1) is 15.3. The lowest BCUT2D eigenvalue weighted by molar-refractivity contribution is 0.0675. The van der Waals surface area contributed by atoms with E-state index in [9.17, 15) is 0 Å². The summed E-state index contributed by atoms with van der Waals surface area (Å²) in [6.07, 6.45) is 2.23. The lowest BCUT2D eigenvalue weighted by Gasteiger charge is -2.38. The van der Waals surface area contributed by atoms with Crippen LogP contribution in [0.2, 0.25) is 0 Å². The second-order valence-electron chi connectivity index (χ2n) is 9.14. The van der Waals surface area contributed by atoms with Gasteiger partial charge in [-0.1, -0.05) is 91.0 Å². The molecule has 31 heavy (non-hydrogen) atoms. The van der Waals surface area contributed by atoms with Crippen molar-refractivity contribution in [1.29, 1.82) is 0 Å². The molecule has 3 nitrogen and oxygen atoms in total. The van der Waals surface area contributed by atoms with E-state index >= 15 is 0 Å². The molecule has 2 saturated heterocycles. The van der Waals surface area contributed by atoms with Crippen molar-refractivity contribution in [1.82, 2.24) is 9.80 Å². The summed E-state index contributed by atoms with van der Waals surface area (Å²) in [5.41, 5.74) is 4.38. The van der Waals surface area contributed by atoms with E-state index < -0.39 is 0 Å². The summed E-state index contributed by atoms with van der Waals surface area (Å²) < 4.78 is 6.08. The van der Waals surface area contributed by atoms with Crippen LogP contribution in [0.25, 0.3) is 0 Å². The van der Waals surface area contributed by atoms with Crippen LogP contribution in [-0.4, -0.2) is 47.6 Å². The normalized spacial score (nSPS) is 25.2. The van der Waals surface area contributed by atoms with Gasteiger partial charge in [-0.25, -0.2) is 0 Å². The third-order valence-electron chi connectivity index (χ3n) is 6.78. The lowest BCUT2D eigenvalue weighted by Crippen LogP contribution is -2.51. The molecule has 0 bridgehead atoms. The maximum atomic E-state index is 6.08. The van der Waals surface area contributed by atoms with Gasteiger partial charge in [0.1, 0.15) is 0 Å². The Hall–Kier alpha value is -2.46. The zero-order valence-electron chi connectivity index (χ0n) is 18.2. The predicted octanol–water partition coefficient (Wildman–Crippen LogP) is 4.77. The van der Waals surface area contributed by atoms with E-state index in [4.69, 9.17) is 4.74 Å². The SMILES string of the molecule is c1ccc(COCC[C@@]23CN(Cc4ccccc4)C[C@H](Cc4ccccc4)N2C3)cc1. The molecule has 3 aromatic rings. The van der Waals surface area contributed by atoms with Crippen LogP contribution in [0, 0.1) is 0 Å². The maximum absolute atomic E-state index is 6.08. The summed E-state index contributed by atoms with van der Waals surface area (Å²) in [4.78, 5) is 5.41. The highest BCUT2D eigenvalue weighted by Gasteiger charge is 2.58. The smallest absolute Gasteiger partial charge is 0.0716 e. The minimum absolute atomic E-state index is 0.281. The number of ether oxygens (including phenoxy) is 1. The molecule has 160 valence electrons. The van der Waals surface area contributed by atoms with E-state index in [-0.39, 0.29) is 5.54 Å². The molecule has 2 fully saturated rings. The molecule has 2 aliphatic heterocycles. The standard InChI is InChI=1S/C28H32N2O/c1-4-10-24(11-5-1)18-27-20-29(19-25-12-6-2-7-13-25)22-28(23-30(27)28)16-17-31-21-26-14-8-3-9-15-26/h1-15,27H,16-23H2/t27-,28-,30?/m0/s1. The Morgan fingerprint density at radius 3 is 2.03 bits per heavy atom. The molecular formula is C28H32N2O. The molecule has 0 aromatic heterocycles. The van der Waals surface area contributed by atoms with Crippen molar-refractivity contribution < 1.29 is 4.74 Å². The van der Waals surface area contributed by atoms with Crippen LogP contribution < -0.4 is 0 Å². The van der Waals surface area contributed by atoms with Crippen LogP contribution in [0.3, 0.4) is 0 Å². The van der Waals surface area contributed by atoms with Gasteiger partial charge in [-0.15, -0.1) is 0 Å². The summed E-state index contributed by atoms with van der Waals surface area (Å²) >= 11 is 0. The van der Waals surface area contributed by atoms with Gasteiger partial charge < -0.3 is 4.74 Å². The molecule has 0 spiro atoms. The lowest BCUT2D eigenvalue weighted by atomic mass is 9.98. The van der Waals surface area contributed by atoms with Crippen molar-refractivity contribution in [3.63, 3.8) is 0 Å². The van der Waals surface area contributed by atoms with Crippen molar-refractivity contribution in [2.24, 2.45) is 0 Å². The van der Waals surface area contributed by atoms with Crippen molar-refractivity contribution in [3.05, 3.63) is 108 Å². The second kappa shape index (κ2) is 9.35. The van der Waals surface area contributed by atoms with Gasteiger partial charge in [0.2, 0.25) is 0 Å². The largest absolute Gasteiger partial charge is 0.377 e. The Bertz CT molecular complexity index is 947. The summed E-state index contributed by atoms with van der Waals surface area (Å²) in [5.74, 6) is 0. The predicted molar refractivity (Wildman–Crippen MR) is 126 cm³/mol.